The van der Waals surface area contributed by atoms with Gasteiger partial charge in [0.1, 0.15) is 5.75 Å². The standard InChI is InChI=1S/C21H14F6N2O/c1-30-14-11-9-13(10-12-14)5-4-6-15-18(20(22,23)24)28-16-7-2-3-8-17(16)29-19(15)21(25,26)27/h2-12H,1H3/b5-4+. The number of hydrogen-bond donors (Lipinski definition) is 0. The lowest BCUT2D eigenvalue weighted by molar-refractivity contribution is -0.0612. The van der Waals surface area contributed by atoms with E-state index in [1.165, 1.54) is 37.5 Å². The number of para-hydroxylation sites is 2. The van der Waals surface area contributed by atoms with Gasteiger partial charge in [0.25, 0.3) is 0 Å². The fraction of sp³-hybridized carbons (Fsp3) is 0.143. The number of alkyl halides is 6. The Hall–Kier alpha value is -3.36. The molecule has 1 heterocycles. The number of halogens is 6. The Labute approximate surface area is 167 Å². The van der Waals surface area contributed by atoms with Gasteiger partial charge in [-0.05, 0) is 29.8 Å². The van der Waals surface area contributed by atoms with Gasteiger partial charge < -0.3 is 4.74 Å². The van der Waals surface area contributed by atoms with Gasteiger partial charge in [0, 0.05) is 5.57 Å². The van der Waals surface area contributed by atoms with Gasteiger partial charge in [0.05, 0.1) is 18.5 Å². The molecule has 156 valence electrons. The fourth-order valence-electron chi connectivity index (χ4n) is 2.69. The number of fused-ring (bicyclic) bond motifs is 1. The highest BCUT2D eigenvalue weighted by atomic mass is 19.4. The average molecular weight is 424 g/mol. The molecule has 2 aromatic rings. The van der Waals surface area contributed by atoms with E-state index in [2.05, 4.69) is 9.98 Å². The van der Waals surface area contributed by atoms with Crippen molar-refractivity contribution in [3.05, 3.63) is 71.8 Å². The highest BCUT2D eigenvalue weighted by Crippen LogP contribution is 2.39. The summed E-state index contributed by atoms with van der Waals surface area (Å²) in [5.41, 5.74) is -4.52. The third kappa shape index (κ3) is 4.79. The first-order chi connectivity index (χ1) is 14.1. The molecule has 0 atom stereocenters. The molecule has 30 heavy (non-hydrogen) atoms. The summed E-state index contributed by atoms with van der Waals surface area (Å²) in [4.78, 5) is 6.92. The van der Waals surface area contributed by atoms with E-state index in [1.807, 2.05) is 0 Å². The highest BCUT2D eigenvalue weighted by Gasteiger charge is 2.47. The smallest absolute Gasteiger partial charge is 0.434 e. The molecule has 0 saturated heterocycles. The molecule has 0 aliphatic carbocycles. The lowest BCUT2D eigenvalue weighted by Crippen LogP contribution is -2.34. The molecule has 1 aliphatic heterocycles. The molecule has 9 heteroatoms. The number of benzene rings is 2. The molecule has 0 spiro atoms. The lowest BCUT2D eigenvalue weighted by Gasteiger charge is -2.16. The Morgan fingerprint density at radius 3 is 1.70 bits per heavy atom. The second kappa shape index (κ2) is 8.17. The van der Waals surface area contributed by atoms with E-state index in [4.69, 9.17) is 4.74 Å². The summed E-state index contributed by atoms with van der Waals surface area (Å²) in [5, 5.41) is 0. The maximum Gasteiger partial charge on any atom is 0.434 e. The van der Waals surface area contributed by atoms with Gasteiger partial charge in [-0.2, -0.15) is 26.3 Å². The molecule has 0 fully saturated rings. The predicted molar refractivity (Wildman–Crippen MR) is 103 cm³/mol. The zero-order chi connectivity index (χ0) is 21.9. The van der Waals surface area contributed by atoms with Crippen LogP contribution in [-0.4, -0.2) is 30.9 Å². The Morgan fingerprint density at radius 2 is 1.27 bits per heavy atom. The molecule has 0 radical (unpaired) electrons. The second-order valence-electron chi connectivity index (χ2n) is 6.12. The number of nitrogens with zero attached hydrogens (tertiary/aromatic N) is 2. The third-order valence-electron chi connectivity index (χ3n) is 4.06. The van der Waals surface area contributed by atoms with E-state index >= 15 is 0 Å². The Kier molecular flexibility index (Phi) is 5.82. The van der Waals surface area contributed by atoms with E-state index in [9.17, 15) is 26.3 Å². The summed E-state index contributed by atoms with van der Waals surface area (Å²) in [6.07, 6.45) is -7.07. The van der Waals surface area contributed by atoms with E-state index in [0.717, 1.165) is 12.2 Å². The van der Waals surface area contributed by atoms with E-state index in [1.54, 1.807) is 24.3 Å². The summed E-state index contributed by atoms with van der Waals surface area (Å²) in [6, 6.07) is 11.5. The van der Waals surface area contributed by atoms with Crippen LogP contribution < -0.4 is 4.74 Å². The van der Waals surface area contributed by atoms with Crippen LogP contribution in [0.25, 0.3) is 6.08 Å². The molecule has 0 unspecified atom stereocenters. The predicted octanol–water partition coefficient (Wildman–Crippen LogP) is 6.62. The molecule has 0 amide bonds. The van der Waals surface area contributed by atoms with Crippen molar-refractivity contribution in [1.29, 1.82) is 0 Å². The van der Waals surface area contributed by atoms with Gasteiger partial charge in [0.2, 0.25) is 0 Å². The quantitative estimate of drug-likeness (QED) is 0.510. The minimum absolute atomic E-state index is 0.297. The van der Waals surface area contributed by atoms with Crippen molar-refractivity contribution >= 4 is 28.9 Å². The van der Waals surface area contributed by atoms with Crippen molar-refractivity contribution < 1.29 is 31.1 Å². The summed E-state index contributed by atoms with van der Waals surface area (Å²) in [6.45, 7) is 0. The number of methoxy groups -OCH3 is 1. The van der Waals surface area contributed by atoms with Crippen LogP contribution in [0.4, 0.5) is 37.7 Å². The number of rotatable bonds is 3. The highest BCUT2D eigenvalue weighted by molar-refractivity contribution is 6.30. The van der Waals surface area contributed by atoms with Crippen LogP contribution in [0.15, 0.2) is 76.2 Å². The second-order valence-corrected chi connectivity index (χ2v) is 6.12. The van der Waals surface area contributed by atoms with Gasteiger partial charge in [-0.25, -0.2) is 9.98 Å². The molecule has 0 saturated carbocycles. The van der Waals surface area contributed by atoms with E-state index < -0.39 is 29.3 Å². The normalized spacial score (nSPS) is 14.7. The molecule has 0 aromatic heterocycles. The Bertz CT molecular complexity index is 991. The Morgan fingerprint density at radius 1 is 0.767 bits per heavy atom. The average Bonchev–Trinajstić information content (AvgIpc) is 2.85. The van der Waals surface area contributed by atoms with Crippen LogP contribution >= 0.6 is 0 Å². The first kappa shape index (κ1) is 21.4. The van der Waals surface area contributed by atoms with E-state index in [-0.39, 0.29) is 11.4 Å². The number of allylic oxidation sites excluding steroid dienone is 3. The van der Waals surface area contributed by atoms with Crippen molar-refractivity contribution in [3.63, 3.8) is 0 Å². The van der Waals surface area contributed by atoms with Crippen molar-refractivity contribution in [2.24, 2.45) is 9.98 Å². The monoisotopic (exact) mass is 424 g/mol. The van der Waals surface area contributed by atoms with Crippen molar-refractivity contribution in [3.8, 4) is 5.75 Å². The van der Waals surface area contributed by atoms with Crippen molar-refractivity contribution in [2.45, 2.75) is 12.4 Å². The molecule has 3 nitrogen and oxygen atoms in total. The van der Waals surface area contributed by atoms with Crippen LogP contribution in [0.2, 0.25) is 0 Å². The first-order valence-electron chi connectivity index (χ1n) is 8.53. The van der Waals surface area contributed by atoms with Crippen LogP contribution in [0.5, 0.6) is 5.75 Å². The van der Waals surface area contributed by atoms with Crippen molar-refractivity contribution in [1.82, 2.24) is 0 Å². The van der Waals surface area contributed by atoms with Crippen LogP contribution in [0, 0.1) is 0 Å². The topological polar surface area (TPSA) is 34.0 Å². The summed E-state index contributed by atoms with van der Waals surface area (Å²) in [7, 11) is 1.47. The minimum Gasteiger partial charge on any atom is -0.497 e. The molecule has 3 rings (SSSR count). The van der Waals surface area contributed by atoms with Gasteiger partial charge >= 0.3 is 12.4 Å². The molecule has 1 aliphatic rings. The largest absolute Gasteiger partial charge is 0.497 e. The van der Waals surface area contributed by atoms with Gasteiger partial charge in [-0.1, -0.05) is 42.5 Å². The molecule has 2 aromatic carbocycles. The minimum atomic E-state index is -5.12. The van der Waals surface area contributed by atoms with Crippen LogP contribution in [-0.2, 0) is 0 Å². The summed E-state index contributed by atoms with van der Waals surface area (Å²) < 4.78 is 86.8. The third-order valence-corrected chi connectivity index (χ3v) is 4.06. The van der Waals surface area contributed by atoms with Crippen molar-refractivity contribution in [2.75, 3.05) is 7.11 Å². The Balaban J connectivity index is 2.14. The molecular formula is C21H14F6N2O. The summed E-state index contributed by atoms with van der Waals surface area (Å²) >= 11 is 0. The zero-order valence-corrected chi connectivity index (χ0v) is 15.4. The van der Waals surface area contributed by atoms with Crippen LogP contribution in [0.1, 0.15) is 5.56 Å². The maximum atomic E-state index is 13.6. The molecule has 0 bridgehead atoms. The van der Waals surface area contributed by atoms with Gasteiger partial charge in [-0.15, -0.1) is 0 Å². The number of hydrogen-bond acceptors (Lipinski definition) is 3. The van der Waals surface area contributed by atoms with Gasteiger partial charge in [-0.3, -0.25) is 0 Å². The maximum absolute atomic E-state index is 13.6. The number of aliphatic imine (C=N–C) groups is 2. The van der Waals surface area contributed by atoms with Crippen LogP contribution in [0.3, 0.4) is 0 Å². The fourth-order valence-corrected chi connectivity index (χ4v) is 2.69. The lowest BCUT2D eigenvalue weighted by atomic mass is 10.0. The first-order valence-corrected chi connectivity index (χ1v) is 8.53. The number of ether oxygens (including phenoxy) is 1. The van der Waals surface area contributed by atoms with Gasteiger partial charge in [0.15, 0.2) is 11.4 Å². The van der Waals surface area contributed by atoms with E-state index in [0.29, 0.717) is 11.3 Å². The molecular weight excluding hydrogens is 410 g/mol. The molecule has 0 N–H and O–H groups in total. The SMILES string of the molecule is COc1ccc(/C=C/C=C2C(C(F)(F)F)=Nc3ccccc3N=C2C(F)(F)F)cc1. The summed E-state index contributed by atoms with van der Waals surface area (Å²) in [5.74, 6) is 0.560. The zero-order valence-electron chi connectivity index (χ0n) is 15.4.